The smallest absolute Gasteiger partial charge is 0.136 e. The predicted molar refractivity (Wildman–Crippen MR) is 83.3 cm³/mol. The molecule has 1 heterocycles. The van der Waals surface area contributed by atoms with Gasteiger partial charge in [-0.2, -0.15) is 0 Å². The van der Waals surface area contributed by atoms with Gasteiger partial charge in [0.05, 0.1) is 0 Å². The predicted octanol–water partition coefficient (Wildman–Crippen LogP) is 5.08. The van der Waals surface area contributed by atoms with E-state index in [9.17, 15) is 0 Å². The standard InChI is InChI=1S/C16H10BrNO/c17-10-2-4-12-9(7-10)1-5-15-16(12)13-8-11(18)3-6-14(13)19-15/h1-8H,18H2. The molecule has 19 heavy (non-hydrogen) atoms. The van der Waals surface area contributed by atoms with E-state index in [0.29, 0.717) is 0 Å². The first kappa shape index (κ1) is 10.9. The molecule has 0 aliphatic rings. The summed E-state index contributed by atoms with van der Waals surface area (Å²) in [5.74, 6) is 0. The highest BCUT2D eigenvalue weighted by Gasteiger charge is 2.10. The normalized spacial score (nSPS) is 11.6. The van der Waals surface area contributed by atoms with Crippen molar-refractivity contribution in [2.24, 2.45) is 0 Å². The minimum Gasteiger partial charge on any atom is -0.456 e. The summed E-state index contributed by atoms with van der Waals surface area (Å²) in [7, 11) is 0. The van der Waals surface area contributed by atoms with Crippen molar-refractivity contribution >= 4 is 54.3 Å². The average Bonchev–Trinajstić information content (AvgIpc) is 2.76. The fraction of sp³-hybridized carbons (Fsp3) is 0. The van der Waals surface area contributed by atoms with Crippen LogP contribution in [0.25, 0.3) is 32.7 Å². The second kappa shape index (κ2) is 3.75. The molecule has 3 aromatic carbocycles. The van der Waals surface area contributed by atoms with Gasteiger partial charge in [0, 0.05) is 20.9 Å². The van der Waals surface area contributed by atoms with Crippen molar-refractivity contribution in [3.05, 3.63) is 53.0 Å². The Labute approximate surface area is 117 Å². The van der Waals surface area contributed by atoms with Crippen molar-refractivity contribution in [3.8, 4) is 0 Å². The number of hydrogen-bond donors (Lipinski definition) is 1. The molecule has 0 fully saturated rings. The van der Waals surface area contributed by atoms with Gasteiger partial charge in [0.25, 0.3) is 0 Å². The van der Waals surface area contributed by atoms with E-state index in [4.69, 9.17) is 10.2 Å². The Hall–Kier alpha value is -2.00. The SMILES string of the molecule is Nc1ccc2oc3ccc4cc(Br)ccc4c3c2c1. The van der Waals surface area contributed by atoms with Gasteiger partial charge in [-0.25, -0.2) is 0 Å². The first-order chi connectivity index (χ1) is 9.22. The summed E-state index contributed by atoms with van der Waals surface area (Å²) in [4.78, 5) is 0. The zero-order valence-corrected chi connectivity index (χ0v) is 11.6. The molecule has 4 aromatic rings. The number of furan rings is 1. The molecule has 0 atom stereocenters. The number of fused-ring (bicyclic) bond motifs is 5. The van der Waals surface area contributed by atoms with Crippen LogP contribution in [-0.4, -0.2) is 0 Å². The van der Waals surface area contributed by atoms with Crippen LogP contribution in [-0.2, 0) is 0 Å². The Bertz CT molecular complexity index is 940. The molecule has 3 heteroatoms. The van der Waals surface area contributed by atoms with Crippen LogP contribution in [0.15, 0.2) is 57.4 Å². The van der Waals surface area contributed by atoms with Crippen molar-refractivity contribution in [1.82, 2.24) is 0 Å². The lowest BCUT2D eigenvalue weighted by molar-refractivity contribution is 0.669. The van der Waals surface area contributed by atoms with Crippen LogP contribution in [0.2, 0.25) is 0 Å². The number of halogens is 1. The molecule has 0 bridgehead atoms. The number of hydrogen-bond acceptors (Lipinski definition) is 2. The third-order valence-electron chi connectivity index (χ3n) is 3.44. The summed E-state index contributed by atoms with van der Waals surface area (Å²) in [6, 6.07) is 16.1. The van der Waals surface area contributed by atoms with Crippen LogP contribution in [0.1, 0.15) is 0 Å². The molecule has 0 aliphatic carbocycles. The number of benzene rings is 3. The summed E-state index contributed by atoms with van der Waals surface area (Å²) in [6.45, 7) is 0. The van der Waals surface area contributed by atoms with E-state index in [-0.39, 0.29) is 0 Å². The number of nitrogens with two attached hydrogens (primary N) is 1. The summed E-state index contributed by atoms with van der Waals surface area (Å²) < 4.78 is 6.95. The Morgan fingerprint density at radius 3 is 2.58 bits per heavy atom. The Kier molecular flexibility index (Phi) is 2.15. The lowest BCUT2D eigenvalue weighted by Gasteiger charge is -2.00. The van der Waals surface area contributed by atoms with Gasteiger partial charge in [0.15, 0.2) is 0 Å². The van der Waals surface area contributed by atoms with Crippen LogP contribution >= 0.6 is 15.9 Å². The van der Waals surface area contributed by atoms with Crippen molar-refractivity contribution in [2.75, 3.05) is 5.73 Å². The summed E-state index contributed by atoms with van der Waals surface area (Å²) in [6.07, 6.45) is 0. The van der Waals surface area contributed by atoms with E-state index in [1.54, 1.807) is 0 Å². The second-order valence-electron chi connectivity index (χ2n) is 4.66. The maximum Gasteiger partial charge on any atom is 0.136 e. The van der Waals surface area contributed by atoms with Crippen molar-refractivity contribution in [3.63, 3.8) is 0 Å². The zero-order valence-electron chi connectivity index (χ0n) is 9.98. The van der Waals surface area contributed by atoms with Gasteiger partial charge in [-0.1, -0.05) is 28.1 Å². The van der Waals surface area contributed by atoms with Crippen LogP contribution in [0, 0.1) is 0 Å². The van der Waals surface area contributed by atoms with Crippen molar-refractivity contribution in [1.29, 1.82) is 0 Å². The molecule has 0 aliphatic heterocycles. The molecular weight excluding hydrogens is 302 g/mol. The quantitative estimate of drug-likeness (QED) is 0.460. The minimum absolute atomic E-state index is 0.754. The molecule has 0 unspecified atom stereocenters. The van der Waals surface area contributed by atoms with E-state index < -0.39 is 0 Å². The molecule has 0 saturated heterocycles. The summed E-state index contributed by atoms with van der Waals surface area (Å²) in [5, 5.41) is 4.58. The fourth-order valence-corrected chi connectivity index (χ4v) is 2.97. The lowest BCUT2D eigenvalue weighted by atomic mass is 10.0. The molecule has 0 amide bonds. The molecule has 4 rings (SSSR count). The van der Waals surface area contributed by atoms with Crippen LogP contribution in [0.4, 0.5) is 5.69 Å². The van der Waals surface area contributed by atoms with E-state index >= 15 is 0 Å². The van der Waals surface area contributed by atoms with Crippen LogP contribution < -0.4 is 5.73 Å². The molecule has 0 saturated carbocycles. The van der Waals surface area contributed by atoms with Crippen LogP contribution in [0.5, 0.6) is 0 Å². The van der Waals surface area contributed by atoms with Gasteiger partial charge < -0.3 is 10.2 Å². The van der Waals surface area contributed by atoms with Gasteiger partial charge in [-0.3, -0.25) is 0 Å². The van der Waals surface area contributed by atoms with Gasteiger partial charge in [-0.15, -0.1) is 0 Å². The fourth-order valence-electron chi connectivity index (χ4n) is 2.59. The van der Waals surface area contributed by atoms with Crippen molar-refractivity contribution in [2.45, 2.75) is 0 Å². The third kappa shape index (κ3) is 1.55. The number of anilines is 1. The highest BCUT2D eigenvalue weighted by molar-refractivity contribution is 9.10. The highest BCUT2D eigenvalue weighted by Crippen LogP contribution is 2.36. The van der Waals surface area contributed by atoms with E-state index in [1.807, 2.05) is 30.3 Å². The zero-order chi connectivity index (χ0) is 13.0. The highest BCUT2D eigenvalue weighted by atomic mass is 79.9. The first-order valence-electron chi connectivity index (χ1n) is 6.02. The monoisotopic (exact) mass is 311 g/mol. The maximum atomic E-state index is 5.89. The number of rotatable bonds is 0. The molecule has 1 aromatic heterocycles. The summed E-state index contributed by atoms with van der Waals surface area (Å²) >= 11 is 3.51. The topological polar surface area (TPSA) is 39.2 Å². The average molecular weight is 312 g/mol. The van der Waals surface area contributed by atoms with Gasteiger partial charge in [0.2, 0.25) is 0 Å². The Balaban J connectivity index is 2.30. The Morgan fingerprint density at radius 2 is 1.68 bits per heavy atom. The molecule has 0 spiro atoms. The molecule has 2 nitrogen and oxygen atoms in total. The molecular formula is C16H10BrNO. The van der Waals surface area contributed by atoms with Crippen molar-refractivity contribution < 1.29 is 4.42 Å². The first-order valence-corrected chi connectivity index (χ1v) is 6.82. The second-order valence-corrected chi connectivity index (χ2v) is 5.58. The third-order valence-corrected chi connectivity index (χ3v) is 3.93. The minimum atomic E-state index is 0.754. The van der Waals surface area contributed by atoms with Crippen LogP contribution in [0.3, 0.4) is 0 Å². The summed E-state index contributed by atoms with van der Waals surface area (Å²) in [5.41, 5.74) is 8.42. The Morgan fingerprint density at radius 1 is 0.842 bits per heavy atom. The molecule has 92 valence electrons. The van der Waals surface area contributed by atoms with E-state index in [1.165, 1.54) is 10.8 Å². The van der Waals surface area contributed by atoms with Gasteiger partial charge in [-0.05, 0) is 47.2 Å². The van der Waals surface area contributed by atoms with Gasteiger partial charge >= 0.3 is 0 Å². The lowest BCUT2D eigenvalue weighted by Crippen LogP contribution is -1.82. The van der Waals surface area contributed by atoms with E-state index in [2.05, 4.69) is 34.1 Å². The largest absolute Gasteiger partial charge is 0.456 e. The maximum absolute atomic E-state index is 5.89. The van der Waals surface area contributed by atoms with Gasteiger partial charge in [0.1, 0.15) is 11.2 Å². The number of nitrogen functional groups attached to an aromatic ring is 1. The van der Waals surface area contributed by atoms with E-state index in [0.717, 1.165) is 32.1 Å². The molecule has 2 N–H and O–H groups in total. The molecule has 0 radical (unpaired) electrons.